The highest BCUT2D eigenvalue weighted by molar-refractivity contribution is 5.97. The van der Waals surface area contributed by atoms with Gasteiger partial charge in [-0.05, 0) is 31.5 Å². The zero-order valence-electron chi connectivity index (χ0n) is 15.2. The molecule has 2 rings (SSSR count). The van der Waals surface area contributed by atoms with Crippen molar-refractivity contribution in [3.8, 4) is 5.75 Å². The Morgan fingerprint density at radius 3 is 2.50 bits per heavy atom. The lowest BCUT2D eigenvalue weighted by Gasteiger charge is -2.19. The molecule has 0 unspecified atom stereocenters. The quantitative estimate of drug-likeness (QED) is 0.734. The van der Waals surface area contributed by atoms with E-state index in [1.54, 1.807) is 43.3 Å². The summed E-state index contributed by atoms with van der Waals surface area (Å²) in [6.45, 7) is 3.86. The molecule has 1 atom stereocenters. The highest BCUT2D eigenvalue weighted by Crippen LogP contribution is 2.27. The maximum absolute atomic E-state index is 12.8. The van der Waals surface area contributed by atoms with Crippen LogP contribution < -0.4 is 10.1 Å². The molecule has 2 aromatic carbocycles. The van der Waals surface area contributed by atoms with E-state index in [1.807, 2.05) is 19.1 Å². The van der Waals surface area contributed by atoms with Crippen molar-refractivity contribution in [1.82, 2.24) is 0 Å². The Morgan fingerprint density at radius 1 is 1.12 bits per heavy atom. The minimum absolute atomic E-state index is 0.207. The minimum Gasteiger partial charge on any atom is -0.495 e. The normalized spacial score (nSPS) is 11.5. The van der Waals surface area contributed by atoms with Gasteiger partial charge in [0.2, 0.25) is 6.10 Å². The fraction of sp³-hybridized carbons (Fsp3) is 0.300. The lowest BCUT2D eigenvalue weighted by molar-refractivity contribution is -0.159. The Bertz CT molecular complexity index is 745. The number of ether oxygens (including phenoxy) is 3. The van der Waals surface area contributed by atoms with Crippen molar-refractivity contribution in [2.75, 3.05) is 25.6 Å². The number of anilines is 1. The number of benzene rings is 2. The number of esters is 1. The second-order valence-electron chi connectivity index (χ2n) is 5.61. The van der Waals surface area contributed by atoms with Gasteiger partial charge in [0, 0.05) is 12.2 Å². The van der Waals surface area contributed by atoms with Crippen LogP contribution in [0.5, 0.6) is 5.75 Å². The Hall–Kier alpha value is -2.86. The summed E-state index contributed by atoms with van der Waals surface area (Å²) in [5.74, 6) is -0.548. The molecule has 2 aromatic rings. The second kappa shape index (κ2) is 9.58. The van der Waals surface area contributed by atoms with Crippen molar-refractivity contribution in [3.63, 3.8) is 0 Å². The number of hydrogen-bond donors (Lipinski definition) is 1. The highest BCUT2D eigenvalue weighted by Gasteiger charge is 2.26. The van der Waals surface area contributed by atoms with Crippen LogP contribution >= 0.6 is 0 Å². The van der Waals surface area contributed by atoms with Crippen molar-refractivity contribution in [2.24, 2.45) is 0 Å². The van der Waals surface area contributed by atoms with Gasteiger partial charge in [-0.25, -0.2) is 4.79 Å². The standard InChI is InChI=1S/C20H23NO5/c1-4-25-13-18(22)26-19(15-8-6-5-7-9-15)20(23)21-16-12-14(2)10-11-17(16)24-3/h5-12,19H,4,13H2,1-3H3,(H,21,23)/t19-/m0/s1. The van der Waals surface area contributed by atoms with Crippen LogP contribution in [-0.2, 0) is 19.1 Å². The highest BCUT2D eigenvalue weighted by atomic mass is 16.6. The zero-order chi connectivity index (χ0) is 18.9. The van der Waals surface area contributed by atoms with E-state index in [-0.39, 0.29) is 6.61 Å². The van der Waals surface area contributed by atoms with Crippen molar-refractivity contribution in [3.05, 3.63) is 59.7 Å². The summed E-state index contributed by atoms with van der Waals surface area (Å²) in [5, 5.41) is 2.78. The SMILES string of the molecule is CCOCC(=O)O[C@H](C(=O)Nc1cc(C)ccc1OC)c1ccccc1. The van der Waals surface area contributed by atoms with Crippen LogP contribution in [0.4, 0.5) is 5.69 Å². The third kappa shape index (κ3) is 5.32. The fourth-order valence-corrected chi connectivity index (χ4v) is 2.37. The van der Waals surface area contributed by atoms with Gasteiger partial charge in [-0.15, -0.1) is 0 Å². The van der Waals surface area contributed by atoms with Crippen LogP contribution in [0.25, 0.3) is 0 Å². The third-order valence-electron chi connectivity index (χ3n) is 3.63. The van der Waals surface area contributed by atoms with E-state index in [4.69, 9.17) is 14.2 Å². The first-order valence-corrected chi connectivity index (χ1v) is 8.32. The van der Waals surface area contributed by atoms with E-state index < -0.39 is 18.0 Å². The van der Waals surface area contributed by atoms with Gasteiger partial charge >= 0.3 is 5.97 Å². The third-order valence-corrected chi connectivity index (χ3v) is 3.63. The summed E-state index contributed by atoms with van der Waals surface area (Å²) in [5.41, 5.74) is 2.05. The predicted octanol–water partition coefficient (Wildman–Crippen LogP) is 3.26. The maximum Gasteiger partial charge on any atom is 0.333 e. The first-order chi connectivity index (χ1) is 12.5. The van der Waals surface area contributed by atoms with Crippen LogP contribution in [0.2, 0.25) is 0 Å². The van der Waals surface area contributed by atoms with Gasteiger partial charge in [0.15, 0.2) is 0 Å². The minimum atomic E-state index is -1.09. The van der Waals surface area contributed by atoms with Gasteiger partial charge in [0.1, 0.15) is 12.4 Å². The molecule has 0 bridgehead atoms. The van der Waals surface area contributed by atoms with Crippen LogP contribution in [0, 0.1) is 6.92 Å². The summed E-state index contributed by atoms with van der Waals surface area (Å²) < 4.78 is 15.7. The summed E-state index contributed by atoms with van der Waals surface area (Å²) in [6, 6.07) is 14.3. The first-order valence-electron chi connectivity index (χ1n) is 8.32. The second-order valence-corrected chi connectivity index (χ2v) is 5.61. The van der Waals surface area contributed by atoms with Gasteiger partial charge in [-0.2, -0.15) is 0 Å². The molecule has 6 heteroatoms. The average Bonchev–Trinajstić information content (AvgIpc) is 2.65. The molecule has 0 saturated heterocycles. The predicted molar refractivity (Wildman–Crippen MR) is 98.1 cm³/mol. The number of methoxy groups -OCH3 is 1. The van der Waals surface area contributed by atoms with Crippen LogP contribution in [0.1, 0.15) is 24.2 Å². The number of nitrogens with one attached hydrogen (secondary N) is 1. The smallest absolute Gasteiger partial charge is 0.333 e. The molecular weight excluding hydrogens is 334 g/mol. The molecule has 0 aliphatic rings. The Balaban J connectivity index is 2.23. The van der Waals surface area contributed by atoms with Crippen molar-refractivity contribution in [2.45, 2.75) is 20.0 Å². The van der Waals surface area contributed by atoms with E-state index in [0.29, 0.717) is 23.6 Å². The zero-order valence-corrected chi connectivity index (χ0v) is 15.2. The fourth-order valence-electron chi connectivity index (χ4n) is 2.37. The van der Waals surface area contributed by atoms with Gasteiger partial charge in [0.25, 0.3) is 5.91 Å². The van der Waals surface area contributed by atoms with Gasteiger partial charge < -0.3 is 19.5 Å². The van der Waals surface area contributed by atoms with Crippen LogP contribution in [0.15, 0.2) is 48.5 Å². The molecule has 0 fully saturated rings. The summed E-state index contributed by atoms with van der Waals surface area (Å²) in [6.07, 6.45) is -1.09. The molecule has 26 heavy (non-hydrogen) atoms. The molecule has 0 radical (unpaired) electrons. The van der Waals surface area contributed by atoms with Crippen LogP contribution in [0.3, 0.4) is 0 Å². The van der Waals surface area contributed by atoms with Crippen molar-refractivity contribution >= 4 is 17.6 Å². The number of amides is 1. The number of hydrogen-bond acceptors (Lipinski definition) is 5. The molecule has 0 heterocycles. The van der Waals surface area contributed by atoms with E-state index in [1.165, 1.54) is 7.11 Å². The number of rotatable bonds is 8. The Labute approximate surface area is 153 Å². The van der Waals surface area contributed by atoms with E-state index in [0.717, 1.165) is 5.56 Å². The molecule has 1 amide bonds. The summed E-state index contributed by atoms with van der Waals surface area (Å²) in [7, 11) is 1.52. The van der Waals surface area contributed by atoms with Gasteiger partial charge in [-0.1, -0.05) is 36.4 Å². The van der Waals surface area contributed by atoms with E-state index in [9.17, 15) is 9.59 Å². The molecule has 0 aliphatic carbocycles. The summed E-state index contributed by atoms with van der Waals surface area (Å²) >= 11 is 0. The molecule has 138 valence electrons. The molecule has 0 aliphatic heterocycles. The molecule has 0 spiro atoms. The van der Waals surface area contributed by atoms with Crippen LogP contribution in [-0.4, -0.2) is 32.2 Å². The molecular formula is C20H23NO5. The van der Waals surface area contributed by atoms with Crippen molar-refractivity contribution in [1.29, 1.82) is 0 Å². The molecule has 0 saturated carbocycles. The number of aryl methyl sites for hydroxylation is 1. The lowest BCUT2D eigenvalue weighted by Crippen LogP contribution is -2.27. The molecule has 0 aromatic heterocycles. The van der Waals surface area contributed by atoms with Gasteiger partial charge in [0.05, 0.1) is 12.8 Å². The van der Waals surface area contributed by atoms with E-state index in [2.05, 4.69) is 5.32 Å². The average molecular weight is 357 g/mol. The topological polar surface area (TPSA) is 73.9 Å². The van der Waals surface area contributed by atoms with Crippen molar-refractivity contribution < 1.29 is 23.8 Å². The number of carbonyl (C=O) groups is 2. The number of carbonyl (C=O) groups excluding carboxylic acids is 2. The monoisotopic (exact) mass is 357 g/mol. The largest absolute Gasteiger partial charge is 0.495 e. The first kappa shape index (κ1) is 19.5. The Morgan fingerprint density at radius 2 is 1.85 bits per heavy atom. The lowest BCUT2D eigenvalue weighted by atomic mass is 10.1. The molecule has 6 nitrogen and oxygen atoms in total. The maximum atomic E-state index is 12.8. The Kier molecular flexibility index (Phi) is 7.17. The molecule has 1 N–H and O–H groups in total. The summed E-state index contributed by atoms with van der Waals surface area (Å²) in [4.78, 5) is 24.8. The van der Waals surface area contributed by atoms with E-state index >= 15 is 0 Å². The van der Waals surface area contributed by atoms with Gasteiger partial charge in [-0.3, -0.25) is 4.79 Å².